The number of hydrogen-bond donors (Lipinski definition) is 0. The van der Waals surface area contributed by atoms with Crippen molar-refractivity contribution < 1.29 is 4.79 Å². The number of benzene rings is 1. The fourth-order valence-corrected chi connectivity index (χ4v) is 3.35. The maximum Gasteiger partial charge on any atom is 0.252 e. The van der Waals surface area contributed by atoms with Crippen LogP contribution in [0.25, 0.3) is 0 Å². The first-order valence-electron chi connectivity index (χ1n) is 8.03. The number of rotatable bonds is 6. The van der Waals surface area contributed by atoms with Crippen LogP contribution in [0.3, 0.4) is 0 Å². The zero-order chi connectivity index (χ0) is 17.8. The third kappa shape index (κ3) is 3.90. The Kier molecular flexibility index (Phi) is 5.18. The maximum atomic E-state index is 13.1. The highest BCUT2D eigenvalue weighted by atomic mass is 32.1. The third-order valence-electron chi connectivity index (χ3n) is 3.82. The van der Waals surface area contributed by atoms with Crippen LogP contribution in [0.1, 0.15) is 42.1 Å². The molecule has 1 unspecified atom stereocenters. The molecule has 0 spiro atoms. The quantitative estimate of drug-likeness (QED) is 0.678. The van der Waals surface area contributed by atoms with Crippen molar-refractivity contribution in [2.45, 2.75) is 32.4 Å². The normalized spacial score (nSPS) is 12.3. The first-order valence-corrected chi connectivity index (χ1v) is 8.91. The zero-order valence-corrected chi connectivity index (χ0v) is 15.2. The molecule has 0 N–H and O–H groups in total. The summed E-state index contributed by atoms with van der Waals surface area (Å²) in [7, 11) is 1.77. The summed E-state index contributed by atoms with van der Waals surface area (Å²) in [5.74, 6) is 0.302. The lowest BCUT2D eigenvalue weighted by Gasteiger charge is -2.23. The third-order valence-corrected chi connectivity index (χ3v) is 5.01. The van der Waals surface area contributed by atoms with Gasteiger partial charge in [-0.25, -0.2) is 9.67 Å². The lowest BCUT2D eigenvalue weighted by molar-refractivity contribution is -0.133. The standard InChI is InChI=1S/C17H20N6OS/c1-12(2)16-19-14(10-25-16)9-22(3)17(24)15(23-11-18-20-21-23)13-7-5-4-6-8-13/h4-8,10-12,15H,9H2,1-3H3. The number of tetrazole rings is 1. The fourth-order valence-electron chi connectivity index (χ4n) is 2.52. The van der Waals surface area contributed by atoms with E-state index in [0.29, 0.717) is 12.5 Å². The highest BCUT2D eigenvalue weighted by molar-refractivity contribution is 7.09. The molecular weight excluding hydrogens is 336 g/mol. The second-order valence-corrected chi connectivity index (χ2v) is 7.02. The number of likely N-dealkylation sites (N-methyl/N-ethyl adjacent to an activating group) is 1. The Bertz CT molecular complexity index is 815. The SMILES string of the molecule is CC(C)c1nc(CN(C)C(=O)C(c2ccccc2)n2cnnn2)cs1. The molecule has 0 aliphatic heterocycles. The summed E-state index contributed by atoms with van der Waals surface area (Å²) in [5.41, 5.74) is 1.74. The summed E-state index contributed by atoms with van der Waals surface area (Å²) in [4.78, 5) is 19.3. The van der Waals surface area contributed by atoms with Gasteiger partial charge in [-0.1, -0.05) is 44.2 Å². The molecule has 1 aromatic carbocycles. The molecule has 2 heterocycles. The largest absolute Gasteiger partial charge is 0.338 e. The predicted molar refractivity (Wildman–Crippen MR) is 95.1 cm³/mol. The van der Waals surface area contributed by atoms with Gasteiger partial charge in [0.2, 0.25) is 0 Å². The average Bonchev–Trinajstić information content (AvgIpc) is 3.28. The summed E-state index contributed by atoms with van der Waals surface area (Å²) in [6, 6.07) is 8.92. The summed E-state index contributed by atoms with van der Waals surface area (Å²) in [5, 5.41) is 14.3. The molecule has 7 nitrogen and oxygen atoms in total. The molecule has 0 fully saturated rings. The van der Waals surface area contributed by atoms with Crippen LogP contribution < -0.4 is 0 Å². The molecule has 0 saturated heterocycles. The Morgan fingerprint density at radius 2 is 2.04 bits per heavy atom. The van der Waals surface area contributed by atoms with Gasteiger partial charge in [-0.15, -0.1) is 16.4 Å². The molecule has 3 aromatic rings. The van der Waals surface area contributed by atoms with E-state index in [-0.39, 0.29) is 5.91 Å². The molecule has 0 bridgehead atoms. The molecule has 1 atom stereocenters. The monoisotopic (exact) mass is 356 g/mol. The van der Waals surface area contributed by atoms with Gasteiger partial charge < -0.3 is 4.90 Å². The van der Waals surface area contributed by atoms with Crippen molar-refractivity contribution in [2.24, 2.45) is 0 Å². The van der Waals surface area contributed by atoms with Gasteiger partial charge in [-0.05, 0) is 16.0 Å². The molecule has 8 heteroatoms. The van der Waals surface area contributed by atoms with Crippen molar-refractivity contribution in [2.75, 3.05) is 7.05 Å². The van der Waals surface area contributed by atoms with Crippen LogP contribution in [0.2, 0.25) is 0 Å². The van der Waals surface area contributed by atoms with E-state index in [1.807, 2.05) is 35.7 Å². The van der Waals surface area contributed by atoms with Crippen LogP contribution in [0.15, 0.2) is 42.0 Å². The van der Waals surface area contributed by atoms with E-state index in [2.05, 4.69) is 34.4 Å². The minimum Gasteiger partial charge on any atom is -0.338 e. The Labute approximate surface area is 150 Å². The van der Waals surface area contributed by atoms with E-state index in [0.717, 1.165) is 16.3 Å². The molecule has 0 aliphatic carbocycles. The summed E-state index contributed by atoms with van der Waals surface area (Å²) >= 11 is 1.63. The predicted octanol–water partition coefficient (Wildman–Crippen LogP) is 2.50. The van der Waals surface area contributed by atoms with Gasteiger partial charge in [-0.2, -0.15) is 0 Å². The zero-order valence-electron chi connectivity index (χ0n) is 14.4. The van der Waals surface area contributed by atoms with Crippen LogP contribution in [-0.2, 0) is 11.3 Å². The highest BCUT2D eigenvalue weighted by Crippen LogP contribution is 2.22. The van der Waals surface area contributed by atoms with Crippen LogP contribution in [0.4, 0.5) is 0 Å². The molecule has 1 amide bonds. The van der Waals surface area contributed by atoms with E-state index < -0.39 is 6.04 Å². The second-order valence-electron chi connectivity index (χ2n) is 6.13. The maximum absolute atomic E-state index is 13.1. The Hall–Kier alpha value is -2.61. The van der Waals surface area contributed by atoms with E-state index >= 15 is 0 Å². The molecule has 0 saturated carbocycles. The van der Waals surface area contributed by atoms with Gasteiger partial charge in [0.25, 0.3) is 5.91 Å². The highest BCUT2D eigenvalue weighted by Gasteiger charge is 2.27. The average molecular weight is 356 g/mol. The minimum atomic E-state index is -0.593. The first kappa shape index (κ1) is 17.2. The topological polar surface area (TPSA) is 76.8 Å². The molecule has 2 aromatic heterocycles. The molecule has 130 valence electrons. The van der Waals surface area contributed by atoms with Crippen molar-refractivity contribution in [1.29, 1.82) is 0 Å². The second kappa shape index (κ2) is 7.52. The number of nitrogens with zero attached hydrogens (tertiary/aromatic N) is 6. The van der Waals surface area contributed by atoms with Crippen LogP contribution >= 0.6 is 11.3 Å². The van der Waals surface area contributed by atoms with E-state index in [1.54, 1.807) is 23.3 Å². The molecule has 25 heavy (non-hydrogen) atoms. The van der Waals surface area contributed by atoms with Gasteiger partial charge in [0.1, 0.15) is 6.33 Å². The smallest absolute Gasteiger partial charge is 0.252 e. The first-order chi connectivity index (χ1) is 12.1. The van der Waals surface area contributed by atoms with Gasteiger partial charge in [-0.3, -0.25) is 4.79 Å². The van der Waals surface area contributed by atoms with E-state index in [9.17, 15) is 4.79 Å². The number of carbonyl (C=O) groups excluding carboxylic acids is 1. The van der Waals surface area contributed by atoms with Crippen molar-refractivity contribution in [3.8, 4) is 0 Å². The Balaban J connectivity index is 1.82. The number of hydrogen-bond acceptors (Lipinski definition) is 6. The lowest BCUT2D eigenvalue weighted by Crippen LogP contribution is -2.35. The van der Waals surface area contributed by atoms with Crippen molar-refractivity contribution in [3.05, 3.63) is 58.3 Å². The lowest BCUT2D eigenvalue weighted by atomic mass is 10.1. The number of thiazole rings is 1. The molecule has 0 aliphatic rings. The van der Waals surface area contributed by atoms with Gasteiger partial charge in [0, 0.05) is 18.3 Å². The van der Waals surface area contributed by atoms with Crippen molar-refractivity contribution in [3.63, 3.8) is 0 Å². The number of amides is 1. The van der Waals surface area contributed by atoms with Crippen molar-refractivity contribution in [1.82, 2.24) is 30.1 Å². The van der Waals surface area contributed by atoms with Crippen LogP contribution in [0.5, 0.6) is 0 Å². The summed E-state index contributed by atoms with van der Waals surface area (Å²) in [6.07, 6.45) is 1.46. The molecular formula is C17H20N6OS. The van der Waals surface area contributed by atoms with Crippen LogP contribution in [-0.4, -0.2) is 43.0 Å². The Morgan fingerprint density at radius 3 is 2.64 bits per heavy atom. The molecule has 0 radical (unpaired) electrons. The van der Waals surface area contributed by atoms with Gasteiger partial charge >= 0.3 is 0 Å². The Morgan fingerprint density at radius 1 is 1.28 bits per heavy atom. The molecule has 3 rings (SSSR count). The number of carbonyl (C=O) groups is 1. The number of aromatic nitrogens is 5. The van der Waals surface area contributed by atoms with Gasteiger partial charge in [0.05, 0.1) is 17.2 Å². The summed E-state index contributed by atoms with van der Waals surface area (Å²) < 4.78 is 1.48. The van der Waals surface area contributed by atoms with Gasteiger partial charge in [0.15, 0.2) is 6.04 Å². The summed E-state index contributed by atoms with van der Waals surface area (Å²) in [6.45, 7) is 4.68. The van der Waals surface area contributed by atoms with E-state index in [4.69, 9.17) is 0 Å². The van der Waals surface area contributed by atoms with E-state index in [1.165, 1.54) is 11.0 Å². The van der Waals surface area contributed by atoms with Crippen molar-refractivity contribution >= 4 is 17.2 Å². The minimum absolute atomic E-state index is 0.0856. The van der Waals surface area contributed by atoms with Crippen LogP contribution in [0, 0.1) is 0 Å². The fraction of sp³-hybridized carbons (Fsp3) is 0.353.